The van der Waals surface area contributed by atoms with E-state index >= 15 is 0 Å². The van der Waals surface area contributed by atoms with E-state index in [1.165, 1.54) is 11.9 Å². The molecule has 0 saturated heterocycles. The minimum atomic E-state index is -1.03. The van der Waals surface area contributed by atoms with Crippen molar-refractivity contribution in [2.75, 3.05) is 6.54 Å². The number of carboxylic acid groups (broad SMARTS) is 1. The summed E-state index contributed by atoms with van der Waals surface area (Å²) >= 11 is 0. The Balaban J connectivity index is 2.47. The molecular weight excluding hydrogens is 290 g/mol. The number of hydrogen-bond donors (Lipinski definition) is 1. The van der Waals surface area contributed by atoms with Crippen LogP contribution < -0.4 is 0 Å². The Morgan fingerprint density at radius 1 is 1.23 bits per heavy atom. The van der Waals surface area contributed by atoms with E-state index in [0.29, 0.717) is 5.56 Å². The molecule has 0 fully saturated rings. The summed E-state index contributed by atoms with van der Waals surface area (Å²) in [5.41, 5.74) is 0.393. The summed E-state index contributed by atoms with van der Waals surface area (Å²) in [4.78, 5) is 27.3. The molecule has 0 spiro atoms. The van der Waals surface area contributed by atoms with Crippen molar-refractivity contribution in [2.24, 2.45) is 10.5 Å². The Morgan fingerprint density at radius 3 is 2.41 bits per heavy atom. The molecule has 1 N–H and O–H groups in total. The number of benzene rings is 1. The predicted molar refractivity (Wildman–Crippen MR) is 76.7 cm³/mol. The number of rotatable bonds is 8. The minimum Gasteiger partial charge on any atom is -0.480 e. The summed E-state index contributed by atoms with van der Waals surface area (Å²) < 4.78 is 5.01. The van der Waals surface area contributed by atoms with Crippen molar-refractivity contribution >= 4 is 11.9 Å². The molecule has 1 atom stereocenters. The Bertz CT molecular complexity index is 518. The molecule has 0 radical (unpaired) electrons. The highest BCUT2D eigenvalue weighted by Crippen LogP contribution is 2.06. The van der Waals surface area contributed by atoms with Crippen molar-refractivity contribution < 1.29 is 24.3 Å². The zero-order chi connectivity index (χ0) is 16.5. The van der Waals surface area contributed by atoms with Crippen LogP contribution in [-0.2, 0) is 14.4 Å². The van der Waals surface area contributed by atoms with Crippen LogP contribution in [0, 0.1) is 0 Å². The van der Waals surface area contributed by atoms with E-state index in [2.05, 4.69) is 10.5 Å². The first-order chi connectivity index (χ1) is 10.4. The normalized spacial score (nSPS) is 12.2. The molecule has 0 aliphatic carbocycles. The standard InChI is InChI=1S/C14H19N3O5/c1-10(2)17(9-13(18)19)15-16-22-11(3)21-14(20)12-7-5-4-6-8-12/h4-8,10-11H,9H2,1-3H3,(H,18,19)/b16-15-. The van der Waals surface area contributed by atoms with Gasteiger partial charge in [-0.2, -0.15) is 0 Å². The Kier molecular flexibility index (Phi) is 6.81. The van der Waals surface area contributed by atoms with Crippen molar-refractivity contribution in [1.29, 1.82) is 0 Å². The molecule has 0 saturated carbocycles. The van der Waals surface area contributed by atoms with Gasteiger partial charge in [-0.15, -0.1) is 0 Å². The number of nitrogens with zero attached hydrogens (tertiary/aromatic N) is 3. The summed E-state index contributed by atoms with van der Waals surface area (Å²) in [6, 6.07) is 8.29. The second-order valence-electron chi connectivity index (χ2n) is 4.70. The van der Waals surface area contributed by atoms with Crippen LogP contribution in [0.25, 0.3) is 0 Å². The van der Waals surface area contributed by atoms with E-state index in [-0.39, 0.29) is 12.6 Å². The molecule has 0 bridgehead atoms. The lowest BCUT2D eigenvalue weighted by Gasteiger charge is -2.19. The van der Waals surface area contributed by atoms with E-state index in [0.717, 1.165) is 0 Å². The van der Waals surface area contributed by atoms with Crippen molar-refractivity contribution in [2.45, 2.75) is 33.1 Å². The van der Waals surface area contributed by atoms with E-state index in [1.807, 2.05) is 0 Å². The Hall–Kier alpha value is -2.64. The monoisotopic (exact) mass is 309 g/mol. The van der Waals surface area contributed by atoms with Crippen molar-refractivity contribution in [3.05, 3.63) is 35.9 Å². The molecule has 0 aromatic heterocycles. The average Bonchev–Trinajstić information content (AvgIpc) is 2.46. The average molecular weight is 309 g/mol. The van der Waals surface area contributed by atoms with Gasteiger partial charge in [0.2, 0.25) is 0 Å². The van der Waals surface area contributed by atoms with Crippen LogP contribution in [0.3, 0.4) is 0 Å². The second-order valence-corrected chi connectivity index (χ2v) is 4.70. The molecule has 8 nitrogen and oxygen atoms in total. The molecule has 0 heterocycles. The van der Waals surface area contributed by atoms with Gasteiger partial charge in [0.15, 0.2) is 0 Å². The first kappa shape index (κ1) is 17.4. The number of hydrogen-bond acceptors (Lipinski definition) is 6. The number of aliphatic carboxylic acids is 1. The van der Waals surface area contributed by atoms with Crippen LogP contribution in [0.1, 0.15) is 31.1 Å². The van der Waals surface area contributed by atoms with Gasteiger partial charge in [-0.1, -0.05) is 18.2 Å². The summed E-state index contributed by atoms with van der Waals surface area (Å²) in [6.07, 6.45) is -0.949. The lowest BCUT2D eigenvalue weighted by atomic mass is 10.2. The lowest BCUT2D eigenvalue weighted by Crippen LogP contribution is -2.30. The molecule has 120 valence electrons. The fraction of sp³-hybridized carbons (Fsp3) is 0.429. The maximum atomic E-state index is 11.7. The Labute approximate surface area is 128 Å². The van der Waals surface area contributed by atoms with Gasteiger partial charge in [-0.05, 0) is 31.2 Å². The smallest absolute Gasteiger partial charge is 0.341 e. The molecule has 8 heteroatoms. The maximum absolute atomic E-state index is 11.7. The third kappa shape index (κ3) is 6.21. The van der Waals surface area contributed by atoms with Crippen LogP contribution in [0.2, 0.25) is 0 Å². The van der Waals surface area contributed by atoms with Gasteiger partial charge in [0.25, 0.3) is 6.29 Å². The molecular formula is C14H19N3O5. The zero-order valence-electron chi connectivity index (χ0n) is 12.7. The molecule has 22 heavy (non-hydrogen) atoms. The number of carboxylic acids is 1. The number of ether oxygens (including phenoxy) is 1. The van der Waals surface area contributed by atoms with Gasteiger partial charge in [0.1, 0.15) is 6.54 Å². The third-order valence-electron chi connectivity index (χ3n) is 2.52. The summed E-state index contributed by atoms with van der Waals surface area (Å²) in [7, 11) is 0. The largest absolute Gasteiger partial charge is 0.480 e. The summed E-state index contributed by atoms with van der Waals surface area (Å²) in [5, 5.41) is 17.0. The Morgan fingerprint density at radius 2 is 1.86 bits per heavy atom. The van der Waals surface area contributed by atoms with Gasteiger partial charge in [-0.25, -0.2) is 4.79 Å². The highest BCUT2D eigenvalue weighted by atomic mass is 16.8. The summed E-state index contributed by atoms with van der Waals surface area (Å²) in [6.45, 7) is 4.71. The predicted octanol–water partition coefficient (Wildman–Crippen LogP) is 2.28. The topological polar surface area (TPSA) is 101 Å². The van der Waals surface area contributed by atoms with Crippen LogP contribution >= 0.6 is 0 Å². The van der Waals surface area contributed by atoms with Crippen LogP contribution in [-0.4, -0.2) is 40.9 Å². The fourth-order valence-electron chi connectivity index (χ4n) is 1.40. The highest BCUT2D eigenvalue weighted by molar-refractivity contribution is 5.89. The van der Waals surface area contributed by atoms with Crippen molar-refractivity contribution in [3.63, 3.8) is 0 Å². The molecule has 1 aromatic carbocycles. The lowest BCUT2D eigenvalue weighted by molar-refractivity contribution is -0.139. The third-order valence-corrected chi connectivity index (χ3v) is 2.52. The van der Waals surface area contributed by atoms with Gasteiger partial charge >= 0.3 is 11.9 Å². The van der Waals surface area contributed by atoms with Crippen LogP contribution in [0.15, 0.2) is 40.8 Å². The van der Waals surface area contributed by atoms with Crippen molar-refractivity contribution in [3.8, 4) is 0 Å². The van der Waals surface area contributed by atoms with Gasteiger partial charge in [-0.3, -0.25) is 9.80 Å². The quantitative estimate of drug-likeness (QED) is 0.342. The zero-order valence-corrected chi connectivity index (χ0v) is 12.7. The molecule has 0 amide bonds. The van der Waals surface area contributed by atoms with Gasteiger partial charge in [0, 0.05) is 18.2 Å². The number of carbonyl (C=O) groups excluding carboxylic acids is 1. The van der Waals surface area contributed by atoms with Crippen LogP contribution in [0.5, 0.6) is 0 Å². The SMILES string of the molecule is CC(O/N=N\N(CC(=O)O)C(C)C)OC(=O)c1ccccc1. The number of carbonyl (C=O) groups is 2. The number of esters is 1. The first-order valence-electron chi connectivity index (χ1n) is 6.71. The molecule has 0 aliphatic heterocycles. The van der Waals surface area contributed by atoms with E-state index < -0.39 is 18.2 Å². The highest BCUT2D eigenvalue weighted by Gasteiger charge is 2.14. The molecule has 1 rings (SSSR count). The fourth-order valence-corrected chi connectivity index (χ4v) is 1.40. The molecule has 1 aromatic rings. The van der Waals surface area contributed by atoms with Gasteiger partial charge in [0.05, 0.1) is 5.56 Å². The first-order valence-corrected chi connectivity index (χ1v) is 6.71. The second kappa shape index (κ2) is 8.60. The van der Waals surface area contributed by atoms with Crippen molar-refractivity contribution in [1.82, 2.24) is 5.01 Å². The van der Waals surface area contributed by atoms with E-state index in [9.17, 15) is 9.59 Å². The minimum absolute atomic E-state index is 0.161. The van der Waals surface area contributed by atoms with E-state index in [1.54, 1.807) is 44.2 Å². The molecule has 1 unspecified atom stereocenters. The summed E-state index contributed by atoms with van der Waals surface area (Å²) in [5.74, 6) is -1.58. The van der Waals surface area contributed by atoms with E-state index in [4.69, 9.17) is 14.7 Å². The van der Waals surface area contributed by atoms with Crippen LogP contribution in [0.4, 0.5) is 0 Å². The molecule has 0 aliphatic rings. The van der Waals surface area contributed by atoms with Gasteiger partial charge < -0.3 is 14.7 Å². The maximum Gasteiger partial charge on any atom is 0.341 e.